The molecule has 3 heterocycles. The van der Waals surface area contributed by atoms with Crippen molar-refractivity contribution in [2.24, 2.45) is 0 Å². The highest BCUT2D eigenvalue weighted by Crippen LogP contribution is 2.38. The largest absolute Gasteiger partial charge is 0.325 e. The molecule has 1 aromatic carbocycles. The Balaban J connectivity index is 1.81. The van der Waals surface area contributed by atoms with E-state index in [0.29, 0.717) is 16.4 Å². The molecular weight excluding hydrogens is 416 g/mol. The highest BCUT2D eigenvalue weighted by atomic mass is 32.2. The molecule has 0 saturated carbocycles. The van der Waals surface area contributed by atoms with Crippen molar-refractivity contribution < 1.29 is 9.48 Å². The molecule has 0 aliphatic carbocycles. The van der Waals surface area contributed by atoms with Crippen LogP contribution in [0.1, 0.15) is 50.6 Å². The minimum atomic E-state index is -0.478. The second kappa shape index (κ2) is 9.14. The molecule has 2 aromatic heterocycles. The van der Waals surface area contributed by atoms with Gasteiger partial charge in [0, 0.05) is 17.8 Å². The number of thiophene rings is 1. The fourth-order valence-corrected chi connectivity index (χ4v) is 5.42. The monoisotopic (exact) mass is 441 g/mol. The summed E-state index contributed by atoms with van der Waals surface area (Å²) in [7, 11) is 0. The smallest absolute Gasteiger partial charge is 0.291 e. The van der Waals surface area contributed by atoms with Crippen LogP contribution in [0.2, 0.25) is 0 Å². The van der Waals surface area contributed by atoms with Crippen LogP contribution in [0, 0.1) is 0 Å². The van der Waals surface area contributed by atoms with E-state index in [-0.39, 0.29) is 11.5 Å². The molecule has 0 radical (unpaired) electrons. The van der Waals surface area contributed by atoms with Crippen molar-refractivity contribution in [3.63, 3.8) is 0 Å². The first-order valence-corrected chi connectivity index (χ1v) is 12.1. The number of aromatic nitrogens is 3. The maximum Gasteiger partial charge on any atom is 0.325 e. The van der Waals surface area contributed by atoms with Crippen molar-refractivity contribution in [3.8, 4) is 11.3 Å². The quantitative estimate of drug-likeness (QED) is 0.336. The summed E-state index contributed by atoms with van der Waals surface area (Å²) in [6.45, 7) is 3.75. The van der Waals surface area contributed by atoms with Crippen LogP contribution in [0.4, 0.5) is 5.69 Å². The predicted octanol–water partition coefficient (Wildman–Crippen LogP) is 4.37. The van der Waals surface area contributed by atoms with Gasteiger partial charge in [-0.25, -0.2) is 4.90 Å². The summed E-state index contributed by atoms with van der Waals surface area (Å²) in [4.78, 5) is 31.5. The van der Waals surface area contributed by atoms with Gasteiger partial charge in [0.15, 0.2) is 0 Å². The highest BCUT2D eigenvalue weighted by molar-refractivity contribution is 7.99. The summed E-state index contributed by atoms with van der Waals surface area (Å²) in [5.74, 6) is 0.814. The Morgan fingerprint density at radius 3 is 2.80 bits per heavy atom. The first kappa shape index (κ1) is 20.8. The summed E-state index contributed by atoms with van der Waals surface area (Å²) < 4.78 is 1.72. The van der Waals surface area contributed by atoms with Crippen LogP contribution < -0.4 is 15.1 Å². The van der Waals surface area contributed by atoms with Crippen LogP contribution >= 0.6 is 23.1 Å². The number of rotatable bonds is 7. The molecule has 1 amide bonds. The lowest BCUT2D eigenvalue weighted by Gasteiger charge is -2.30. The second-order valence-electron chi connectivity index (χ2n) is 7.26. The number of nitrogens with zero attached hydrogens (tertiary/aromatic N) is 3. The molecule has 156 valence electrons. The average Bonchev–Trinajstić information content (AvgIpc) is 3.26. The fraction of sp³-hybridized carbons (Fsp3) is 0.364. The molecule has 4 rings (SSSR count). The Kier molecular flexibility index (Phi) is 6.34. The number of H-pyrrole nitrogens is 1. The van der Waals surface area contributed by atoms with E-state index < -0.39 is 6.17 Å². The van der Waals surface area contributed by atoms with E-state index in [9.17, 15) is 9.59 Å². The van der Waals surface area contributed by atoms with E-state index in [1.807, 2.05) is 41.8 Å². The van der Waals surface area contributed by atoms with Gasteiger partial charge in [-0.2, -0.15) is 0 Å². The molecule has 0 unspecified atom stereocenters. The standard InChI is InChI=1S/C22H24N4O2S2/c1-3-4-5-8-13-30-22-23-20(28)19-16-10-6-7-11-17(16)25(15(2)27)21(26(19)24-22)18-12-9-14-29-18/h6-7,9-12,14,21H,3-5,8,13H2,1-2H3/p+1/t21-/m0/s1. The zero-order valence-corrected chi connectivity index (χ0v) is 18.8. The van der Waals surface area contributed by atoms with E-state index in [1.54, 1.807) is 39.6 Å². The molecule has 0 fully saturated rings. The van der Waals surface area contributed by atoms with Crippen molar-refractivity contribution in [1.82, 2.24) is 10.1 Å². The Labute approximate surface area is 184 Å². The van der Waals surface area contributed by atoms with Crippen LogP contribution in [0.5, 0.6) is 0 Å². The van der Waals surface area contributed by atoms with Crippen LogP contribution in [0.3, 0.4) is 0 Å². The van der Waals surface area contributed by atoms with E-state index in [0.717, 1.165) is 22.7 Å². The zero-order valence-electron chi connectivity index (χ0n) is 17.1. The molecule has 1 aliphatic heterocycles. The normalized spacial score (nSPS) is 15.0. The van der Waals surface area contributed by atoms with Gasteiger partial charge in [-0.15, -0.1) is 11.3 Å². The van der Waals surface area contributed by atoms with Gasteiger partial charge < -0.3 is 0 Å². The Morgan fingerprint density at radius 2 is 2.07 bits per heavy atom. The Morgan fingerprint density at radius 1 is 1.23 bits per heavy atom. The third-order valence-corrected chi connectivity index (χ3v) is 6.99. The summed E-state index contributed by atoms with van der Waals surface area (Å²) in [6.07, 6.45) is 4.19. The van der Waals surface area contributed by atoms with Crippen LogP contribution in [0.25, 0.3) is 11.3 Å². The molecule has 6 nitrogen and oxygen atoms in total. The number of hydrogen-bond donors (Lipinski definition) is 1. The van der Waals surface area contributed by atoms with Crippen molar-refractivity contribution >= 4 is 34.7 Å². The minimum absolute atomic E-state index is 0.0881. The molecule has 3 aromatic rings. The number of thioether (sulfide) groups is 1. The third kappa shape index (κ3) is 3.94. The van der Waals surface area contributed by atoms with Crippen molar-refractivity contribution in [3.05, 3.63) is 57.0 Å². The Hall–Kier alpha value is -2.45. The summed E-state index contributed by atoms with van der Waals surface area (Å²) in [5, 5.41) is 7.36. The number of amides is 1. The average molecular weight is 442 g/mol. The zero-order chi connectivity index (χ0) is 21.1. The number of anilines is 1. The number of hydrogen-bond acceptors (Lipinski definition) is 5. The van der Waals surface area contributed by atoms with Gasteiger partial charge in [0.1, 0.15) is 0 Å². The Bertz CT molecular complexity index is 1090. The number of unbranched alkanes of at least 4 members (excludes halogenated alkanes) is 3. The summed E-state index contributed by atoms with van der Waals surface area (Å²) in [5.41, 5.74) is 1.75. The van der Waals surface area contributed by atoms with Crippen LogP contribution in [-0.2, 0) is 4.79 Å². The number of para-hydroxylation sites is 1. The van der Waals surface area contributed by atoms with Gasteiger partial charge >= 0.3 is 17.4 Å². The van der Waals surface area contributed by atoms with Crippen molar-refractivity contribution in [2.45, 2.75) is 50.9 Å². The molecule has 8 heteroatoms. The van der Waals surface area contributed by atoms with E-state index >= 15 is 0 Å². The number of nitrogens with one attached hydrogen (secondary N) is 1. The van der Waals surface area contributed by atoms with Gasteiger partial charge in [-0.3, -0.25) is 14.6 Å². The molecule has 1 aliphatic rings. The number of fused-ring (bicyclic) bond motifs is 3. The first-order chi connectivity index (χ1) is 14.6. The fourth-order valence-electron chi connectivity index (χ4n) is 3.77. The molecule has 30 heavy (non-hydrogen) atoms. The van der Waals surface area contributed by atoms with Gasteiger partial charge in [0.25, 0.3) is 0 Å². The van der Waals surface area contributed by atoms with Crippen molar-refractivity contribution in [1.29, 1.82) is 0 Å². The number of aromatic amines is 1. The van der Waals surface area contributed by atoms with Gasteiger partial charge in [-0.05, 0) is 34.7 Å². The summed E-state index contributed by atoms with van der Waals surface area (Å²) >= 11 is 3.11. The number of benzene rings is 1. The molecular formula is C22H25N4O2S2+. The molecule has 0 saturated heterocycles. The maximum atomic E-state index is 13.1. The second-order valence-corrected chi connectivity index (χ2v) is 9.32. The molecule has 0 bridgehead atoms. The van der Waals surface area contributed by atoms with E-state index in [2.05, 4.69) is 11.9 Å². The van der Waals surface area contributed by atoms with Crippen molar-refractivity contribution in [2.75, 3.05) is 10.7 Å². The molecule has 1 atom stereocenters. The topological polar surface area (TPSA) is 69.9 Å². The number of carbonyl (C=O) groups is 1. The van der Waals surface area contributed by atoms with E-state index in [1.165, 1.54) is 19.3 Å². The van der Waals surface area contributed by atoms with Crippen LogP contribution in [0.15, 0.2) is 51.7 Å². The minimum Gasteiger partial charge on any atom is -0.291 e. The highest BCUT2D eigenvalue weighted by Gasteiger charge is 2.45. The lowest BCUT2D eigenvalue weighted by atomic mass is 10.0. The first-order valence-electron chi connectivity index (χ1n) is 10.2. The van der Waals surface area contributed by atoms with E-state index in [4.69, 9.17) is 5.10 Å². The lowest BCUT2D eigenvalue weighted by Crippen LogP contribution is -2.60. The van der Waals surface area contributed by atoms with Crippen LogP contribution in [-0.4, -0.2) is 21.7 Å². The third-order valence-electron chi connectivity index (χ3n) is 5.13. The molecule has 1 N–H and O–H groups in total. The van der Waals surface area contributed by atoms with Gasteiger partial charge in [0.05, 0.1) is 16.1 Å². The van der Waals surface area contributed by atoms with Gasteiger partial charge in [0.2, 0.25) is 11.1 Å². The number of carbonyl (C=O) groups excluding carboxylic acids is 1. The predicted molar refractivity (Wildman–Crippen MR) is 121 cm³/mol. The molecule has 0 spiro atoms. The maximum absolute atomic E-state index is 13.1. The SMILES string of the molecule is CCCCCCSc1n[n+]2c(c(=O)[nH]1)-c1ccccc1N(C(C)=O)[C@@H]2c1cccs1. The van der Waals surface area contributed by atoms with Gasteiger partial charge in [-0.1, -0.05) is 56.1 Å². The lowest BCUT2D eigenvalue weighted by molar-refractivity contribution is -0.762. The summed E-state index contributed by atoms with van der Waals surface area (Å²) in [6, 6.07) is 11.5.